The lowest BCUT2D eigenvalue weighted by atomic mass is 9.85. The predicted molar refractivity (Wildman–Crippen MR) is 124 cm³/mol. The molecule has 2 saturated carbocycles. The summed E-state index contributed by atoms with van der Waals surface area (Å²) in [5, 5.41) is 0. The highest BCUT2D eigenvalue weighted by atomic mass is 19.4. The Morgan fingerprint density at radius 1 is 0.889 bits per heavy atom. The summed E-state index contributed by atoms with van der Waals surface area (Å²) in [6.07, 6.45) is 0.462. The SMILES string of the molecule is COC(=O)C1CCC(N(C(=O)c2ccc(C(C)C(F)(F)F)cc2)C2CC2)CC1.Fc1cccc(F)c1. The average Bonchev–Trinajstić information content (AvgIpc) is 3.68. The number of halogens is 5. The normalized spacial score (nSPS) is 20.5. The maximum absolute atomic E-state index is 13.1. The molecule has 0 aromatic heterocycles. The smallest absolute Gasteiger partial charge is 0.395 e. The van der Waals surface area contributed by atoms with Crippen LogP contribution < -0.4 is 0 Å². The third kappa shape index (κ3) is 7.27. The van der Waals surface area contributed by atoms with E-state index in [9.17, 15) is 31.5 Å². The number of nitrogens with zero attached hydrogens (tertiary/aromatic N) is 1. The number of amides is 1. The van der Waals surface area contributed by atoms with Gasteiger partial charge in [0.25, 0.3) is 5.91 Å². The van der Waals surface area contributed by atoms with Crippen LogP contribution in [-0.4, -0.2) is 42.1 Å². The number of carbonyl (C=O) groups is 2. The summed E-state index contributed by atoms with van der Waals surface area (Å²) in [6.45, 7) is 1.12. The van der Waals surface area contributed by atoms with Crippen LogP contribution in [0.1, 0.15) is 67.3 Å². The first-order chi connectivity index (χ1) is 17.0. The van der Waals surface area contributed by atoms with Crippen LogP contribution in [0.2, 0.25) is 0 Å². The summed E-state index contributed by atoms with van der Waals surface area (Å²) >= 11 is 0. The highest BCUT2D eigenvalue weighted by Gasteiger charge is 2.41. The molecular weight excluding hydrogens is 481 g/mol. The Balaban J connectivity index is 0.000000383. The van der Waals surface area contributed by atoms with E-state index in [-0.39, 0.29) is 35.4 Å². The van der Waals surface area contributed by atoms with Crippen LogP contribution >= 0.6 is 0 Å². The molecule has 9 heteroatoms. The molecule has 36 heavy (non-hydrogen) atoms. The van der Waals surface area contributed by atoms with E-state index in [2.05, 4.69) is 0 Å². The van der Waals surface area contributed by atoms with Gasteiger partial charge in [0.15, 0.2) is 0 Å². The first kappa shape index (κ1) is 27.6. The molecule has 2 aliphatic carbocycles. The van der Waals surface area contributed by atoms with Gasteiger partial charge in [-0.15, -0.1) is 0 Å². The van der Waals surface area contributed by atoms with Gasteiger partial charge in [0.1, 0.15) is 11.6 Å². The highest BCUT2D eigenvalue weighted by molar-refractivity contribution is 5.95. The minimum Gasteiger partial charge on any atom is -0.469 e. The second kappa shape index (κ2) is 11.8. The minimum absolute atomic E-state index is 0.0645. The Kier molecular flexibility index (Phi) is 9.08. The number of rotatable bonds is 5. The summed E-state index contributed by atoms with van der Waals surface area (Å²) in [5.41, 5.74) is 0.570. The number of hydrogen-bond donors (Lipinski definition) is 0. The zero-order valence-electron chi connectivity index (χ0n) is 20.2. The van der Waals surface area contributed by atoms with Gasteiger partial charge in [-0.05, 0) is 75.3 Å². The first-order valence-electron chi connectivity index (χ1n) is 12.0. The lowest BCUT2D eigenvalue weighted by Crippen LogP contribution is -2.44. The number of alkyl halides is 3. The van der Waals surface area contributed by atoms with Crippen molar-refractivity contribution in [1.82, 2.24) is 4.90 Å². The predicted octanol–water partition coefficient (Wildman–Crippen LogP) is 6.65. The first-order valence-corrected chi connectivity index (χ1v) is 12.0. The largest absolute Gasteiger partial charge is 0.469 e. The summed E-state index contributed by atoms with van der Waals surface area (Å²) in [4.78, 5) is 26.7. The Bertz CT molecular complexity index is 1010. The third-order valence-electron chi connectivity index (χ3n) is 6.73. The molecule has 1 unspecified atom stereocenters. The maximum atomic E-state index is 13.1. The van der Waals surface area contributed by atoms with Crippen molar-refractivity contribution in [3.8, 4) is 0 Å². The van der Waals surface area contributed by atoms with E-state index in [1.54, 1.807) is 0 Å². The van der Waals surface area contributed by atoms with E-state index in [1.165, 1.54) is 49.6 Å². The van der Waals surface area contributed by atoms with Gasteiger partial charge < -0.3 is 9.64 Å². The molecule has 2 aromatic carbocycles. The van der Waals surface area contributed by atoms with Crippen molar-refractivity contribution in [3.05, 3.63) is 71.3 Å². The minimum atomic E-state index is -4.30. The zero-order chi connectivity index (χ0) is 26.5. The molecule has 0 aliphatic heterocycles. The van der Waals surface area contributed by atoms with Crippen molar-refractivity contribution < 1.29 is 36.3 Å². The lowest BCUT2D eigenvalue weighted by Gasteiger charge is -2.36. The molecule has 4 nitrogen and oxygen atoms in total. The van der Waals surface area contributed by atoms with Gasteiger partial charge >= 0.3 is 12.1 Å². The molecule has 4 rings (SSSR count). The number of carbonyl (C=O) groups excluding carboxylic acids is 2. The van der Waals surface area contributed by atoms with Crippen molar-refractivity contribution in [2.45, 2.75) is 69.6 Å². The summed E-state index contributed by atoms with van der Waals surface area (Å²) in [6, 6.07) is 10.6. The van der Waals surface area contributed by atoms with Gasteiger partial charge in [-0.3, -0.25) is 9.59 Å². The molecule has 0 radical (unpaired) electrons. The molecule has 0 saturated heterocycles. The molecule has 0 heterocycles. The fourth-order valence-electron chi connectivity index (χ4n) is 4.45. The van der Waals surface area contributed by atoms with Crippen molar-refractivity contribution in [1.29, 1.82) is 0 Å². The molecule has 2 aliphatic rings. The van der Waals surface area contributed by atoms with Gasteiger partial charge in [-0.1, -0.05) is 18.2 Å². The zero-order valence-corrected chi connectivity index (χ0v) is 20.2. The maximum Gasteiger partial charge on any atom is 0.395 e. The van der Waals surface area contributed by atoms with Crippen molar-refractivity contribution >= 4 is 11.9 Å². The summed E-state index contributed by atoms with van der Waals surface area (Å²) in [5.74, 6) is -3.08. The second-order valence-corrected chi connectivity index (χ2v) is 9.30. The average molecular weight is 512 g/mol. The van der Waals surface area contributed by atoms with Crippen LogP contribution in [0.4, 0.5) is 22.0 Å². The molecule has 1 amide bonds. The molecule has 0 N–H and O–H groups in total. The Morgan fingerprint density at radius 3 is 1.78 bits per heavy atom. The lowest BCUT2D eigenvalue weighted by molar-refractivity contribution is -0.147. The van der Waals surface area contributed by atoms with Crippen molar-refractivity contribution in [3.63, 3.8) is 0 Å². The molecular formula is C27H30F5NO3. The van der Waals surface area contributed by atoms with E-state index in [4.69, 9.17) is 4.74 Å². The second-order valence-electron chi connectivity index (χ2n) is 9.30. The molecule has 1 atom stereocenters. The quantitative estimate of drug-likeness (QED) is 0.333. The van der Waals surface area contributed by atoms with E-state index in [0.717, 1.165) is 38.7 Å². The van der Waals surface area contributed by atoms with Crippen molar-refractivity contribution in [2.75, 3.05) is 7.11 Å². The highest BCUT2D eigenvalue weighted by Crippen LogP contribution is 2.37. The van der Waals surface area contributed by atoms with Crippen LogP contribution in [0, 0.1) is 17.6 Å². The van der Waals surface area contributed by atoms with Gasteiger partial charge in [-0.2, -0.15) is 13.2 Å². The Morgan fingerprint density at radius 2 is 1.39 bits per heavy atom. The third-order valence-corrected chi connectivity index (χ3v) is 6.73. The van der Waals surface area contributed by atoms with Crippen molar-refractivity contribution in [2.24, 2.45) is 5.92 Å². The van der Waals surface area contributed by atoms with Crippen LogP contribution in [0.15, 0.2) is 48.5 Å². The molecule has 0 bridgehead atoms. The van der Waals surface area contributed by atoms with Crippen LogP contribution in [0.25, 0.3) is 0 Å². The van der Waals surface area contributed by atoms with Crippen LogP contribution in [0.5, 0.6) is 0 Å². The Hall–Kier alpha value is -2.97. The number of methoxy groups -OCH3 is 1. The fraction of sp³-hybridized carbons (Fsp3) is 0.481. The van der Waals surface area contributed by atoms with E-state index in [0.29, 0.717) is 18.4 Å². The van der Waals surface area contributed by atoms with E-state index >= 15 is 0 Å². The fourth-order valence-corrected chi connectivity index (χ4v) is 4.45. The van der Waals surface area contributed by atoms with Gasteiger partial charge in [-0.25, -0.2) is 8.78 Å². The monoisotopic (exact) mass is 511 g/mol. The van der Waals surface area contributed by atoms with Gasteiger partial charge in [0.2, 0.25) is 0 Å². The van der Waals surface area contributed by atoms with Crippen LogP contribution in [0.3, 0.4) is 0 Å². The molecule has 2 fully saturated rings. The topological polar surface area (TPSA) is 46.6 Å². The standard InChI is InChI=1S/C21H26F3NO3.C6H4F2/c1-13(21(22,23)24)14-3-5-15(6-4-14)19(26)25(18-11-12-18)17-9-7-16(8-10-17)20(27)28-2;7-5-2-1-3-6(8)4-5/h3-6,13,16-18H,7-12H2,1-2H3;1-4H. The van der Waals surface area contributed by atoms with Gasteiger partial charge in [0.05, 0.1) is 18.9 Å². The molecule has 2 aromatic rings. The van der Waals surface area contributed by atoms with E-state index < -0.39 is 23.7 Å². The van der Waals surface area contributed by atoms with E-state index in [1.807, 2.05) is 4.90 Å². The van der Waals surface area contributed by atoms with Crippen LogP contribution in [-0.2, 0) is 9.53 Å². The Labute approximate surface area is 207 Å². The molecule has 196 valence electrons. The summed E-state index contributed by atoms with van der Waals surface area (Å²) < 4.78 is 67.3. The molecule has 0 spiro atoms. The number of hydrogen-bond acceptors (Lipinski definition) is 3. The summed E-state index contributed by atoms with van der Waals surface area (Å²) in [7, 11) is 1.39. The number of esters is 1. The number of ether oxygens (including phenoxy) is 1. The number of benzene rings is 2. The van der Waals surface area contributed by atoms with Gasteiger partial charge in [0, 0.05) is 23.7 Å².